The Labute approximate surface area is 139 Å². The van der Waals surface area contributed by atoms with Crippen molar-refractivity contribution in [2.45, 2.75) is 31.9 Å². The van der Waals surface area contributed by atoms with Crippen molar-refractivity contribution in [3.05, 3.63) is 59.9 Å². The molecular weight excluding hydrogens is 312 g/mol. The van der Waals surface area contributed by atoms with Crippen LogP contribution in [0.3, 0.4) is 0 Å². The van der Waals surface area contributed by atoms with E-state index in [4.69, 9.17) is 0 Å². The van der Waals surface area contributed by atoms with Gasteiger partial charge in [0.05, 0.1) is 6.04 Å². The lowest BCUT2D eigenvalue weighted by Crippen LogP contribution is -2.36. The second-order valence-corrected chi connectivity index (χ2v) is 5.77. The first-order valence-electron chi connectivity index (χ1n) is 7.99. The molecule has 6 heteroatoms. The first kappa shape index (κ1) is 16.4. The van der Waals surface area contributed by atoms with Crippen LogP contribution in [0.2, 0.25) is 0 Å². The van der Waals surface area contributed by atoms with E-state index in [1.807, 2.05) is 42.5 Å². The number of alkyl halides is 2. The van der Waals surface area contributed by atoms with Gasteiger partial charge in [-0.2, -0.15) is 5.10 Å². The van der Waals surface area contributed by atoms with E-state index in [9.17, 15) is 13.6 Å². The zero-order valence-corrected chi connectivity index (χ0v) is 13.2. The Morgan fingerprint density at radius 2 is 2.08 bits per heavy atom. The maximum absolute atomic E-state index is 12.7. The number of aromatic nitrogens is 2. The van der Waals surface area contributed by atoms with Gasteiger partial charge in [0.15, 0.2) is 0 Å². The highest BCUT2D eigenvalue weighted by Crippen LogP contribution is 2.22. The SMILES string of the molecule is O=C(c1ccnn1CC(F)F)N1CCCC1/C=C/c1ccccc1. The standard InChI is InChI=1S/C18H19F2N3O/c19-17(20)13-23-16(10-11-21-23)18(24)22-12-4-7-15(22)9-8-14-5-2-1-3-6-14/h1-3,5-6,8-11,15,17H,4,7,12-13H2/b9-8+. The Balaban J connectivity index is 1.74. The lowest BCUT2D eigenvalue weighted by atomic mass is 10.1. The number of hydrogen-bond acceptors (Lipinski definition) is 2. The van der Waals surface area contributed by atoms with E-state index in [0.29, 0.717) is 6.54 Å². The van der Waals surface area contributed by atoms with Crippen molar-refractivity contribution < 1.29 is 13.6 Å². The summed E-state index contributed by atoms with van der Waals surface area (Å²) in [5, 5.41) is 3.84. The highest BCUT2D eigenvalue weighted by molar-refractivity contribution is 5.93. The summed E-state index contributed by atoms with van der Waals surface area (Å²) in [6, 6.07) is 11.3. The Bertz CT molecular complexity index is 712. The number of hydrogen-bond donors (Lipinski definition) is 0. The zero-order chi connectivity index (χ0) is 16.9. The van der Waals surface area contributed by atoms with Crippen LogP contribution in [0.15, 0.2) is 48.7 Å². The number of benzene rings is 1. The topological polar surface area (TPSA) is 38.1 Å². The first-order chi connectivity index (χ1) is 11.6. The molecule has 0 radical (unpaired) electrons. The molecule has 1 fully saturated rings. The molecule has 3 rings (SSSR count). The van der Waals surface area contributed by atoms with Crippen molar-refractivity contribution in [2.75, 3.05) is 6.54 Å². The van der Waals surface area contributed by atoms with Crippen LogP contribution >= 0.6 is 0 Å². The van der Waals surface area contributed by atoms with Gasteiger partial charge in [0, 0.05) is 12.7 Å². The minimum absolute atomic E-state index is 0.0207. The molecule has 0 bridgehead atoms. The van der Waals surface area contributed by atoms with Gasteiger partial charge in [0.25, 0.3) is 12.3 Å². The van der Waals surface area contributed by atoms with E-state index in [1.54, 1.807) is 4.90 Å². The fourth-order valence-corrected chi connectivity index (χ4v) is 2.97. The van der Waals surface area contributed by atoms with Gasteiger partial charge in [-0.3, -0.25) is 9.48 Å². The third-order valence-electron chi connectivity index (χ3n) is 4.12. The molecule has 1 aliphatic heterocycles. The molecule has 24 heavy (non-hydrogen) atoms. The van der Waals surface area contributed by atoms with E-state index >= 15 is 0 Å². The van der Waals surface area contributed by atoms with Crippen LogP contribution in [0, 0.1) is 0 Å². The maximum atomic E-state index is 12.7. The monoisotopic (exact) mass is 331 g/mol. The van der Waals surface area contributed by atoms with Gasteiger partial charge >= 0.3 is 0 Å². The summed E-state index contributed by atoms with van der Waals surface area (Å²) in [6.45, 7) is 0.0644. The summed E-state index contributed by atoms with van der Waals surface area (Å²) >= 11 is 0. The summed E-state index contributed by atoms with van der Waals surface area (Å²) in [5.74, 6) is -0.242. The van der Waals surface area contributed by atoms with Crippen LogP contribution in [0.5, 0.6) is 0 Å². The number of rotatable bonds is 5. The average Bonchev–Trinajstić information content (AvgIpc) is 3.22. The van der Waals surface area contributed by atoms with Gasteiger partial charge in [-0.25, -0.2) is 8.78 Å². The molecule has 4 nitrogen and oxygen atoms in total. The van der Waals surface area contributed by atoms with Crippen molar-refractivity contribution in [1.29, 1.82) is 0 Å². The Morgan fingerprint density at radius 3 is 2.83 bits per heavy atom. The Hall–Kier alpha value is -2.50. The Kier molecular flexibility index (Phi) is 5.03. The third-order valence-corrected chi connectivity index (χ3v) is 4.12. The molecule has 2 heterocycles. The summed E-state index contributed by atoms with van der Waals surface area (Å²) in [5.41, 5.74) is 1.29. The number of carbonyl (C=O) groups excluding carboxylic acids is 1. The number of likely N-dealkylation sites (tertiary alicyclic amines) is 1. The maximum Gasteiger partial charge on any atom is 0.272 e. The summed E-state index contributed by atoms with van der Waals surface area (Å²) in [7, 11) is 0. The molecule has 0 saturated carbocycles. The fourth-order valence-electron chi connectivity index (χ4n) is 2.97. The highest BCUT2D eigenvalue weighted by atomic mass is 19.3. The molecule has 1 aromatic heterocycles. The molecular formula is C18H19F2N3O. The van der Waals surface area contributed by atoms with E-state index in [0.717, 1.165) is 23.1 Å². The molecule has 126 valence electrons. The lowest BCUT2D eigenvalue weighted by molar-refractivity contribution is 0.0736. The van der Waals surface area contributed by atoms with Gasteiger partial charge in [-0.05, 0) is 24.5 Å². The molecule has 0 aliphatic carbocycles. The fraction of sp³-hybridized carbons (Fsp3) is 0.333. The number of carbonyl (C=O) groups is 1. The van der Waals surface area contributed by atoms with Gasteiger partial charge < -0.3 is 4.90 Å². The van der Waals surface area contributed by atoms with Crippen LogP contribution in [0.4, 0.5) is 8.78 Å². The zero-order valence-electron chi connectivity index (χ0n) is 13.2. The third kappa shape index (κ3) is 3.69. The van der Waals surface area contributed by atoms with Crippen LogP contribution < -0.4 is 0 Å². The summed E-state index contributed by atoms with van der Waals surface area (Å²) in [6.07, 6.45) is 4.63. The number of nitrogens with zero attached hydrogens (tertiary/aromatic N) is 3. The molecule has 1 aliphatic rings. The number of halogens is 2. The molecule has 1 saturated heterocycles. The predicted octanol–water partition coefficient (Wildman–Crippen LogP) is 3.47. The molecule has 1 unspecified atom stereocenters. The Morgan fingerprint density at radius 1 is 1.29 bits per heavy atom. The normalized spacial score (nSPS) is 18.0. The van der Waals surface area contributed by atoms with Crippen molar-refractivity contribution in [3.8, 4) is 0 Å². The minimum Gasteiger partial charge on any atom is -0.331 e. The van der Waals surface area contributed by atoms with Crippen LogP contribution in [0.1, 0.15) is 28.9 Å². The second-order valence-electron chi connectivity index (χ2n) is 5.77. The molecule has 1 aromatic carbocycles. The summed E-state index contributed by atoms with van der Waals surface area (Å²) < 4.78 is 26.3. The lowest BCUT2D eigenvalue weighted by Gasteiger charge is -2.22. The molecule has 0 spiro atoms. The van der Waals surface area contributed by atoms with E-state index in [-0.39, 0.29) is 17.6 Å². The molecule has 0 N–H and O–H groups in total. The first-order valence-corrected chi connectivity index (χ1v) is 7.99. The highest BCUT2D eigenvalue weighted by Gasteiger charge is 2.29. The van der Waals surface area contributed by atoms with E-state index in [1.165, 1.54) is 12.3 Å². The van der Waals surface area contributed by atoms with Gasteiger partial charge in [-0.1, -0.05) is 42.5 Å². The smallest absolute Gasteiger partial charge is 0.272 e. The van der Waals surface area contributed by atoms with Crippen molar-refractivity contribution >= 4 is 12.0 Å². The van der Waals surface area contributed by atoms with Gasteiger partial charge in [0.1, 0.15) is 12.2 Å². The molecule has 1 atom stereocenters. The largest absolute Gasteiger partial charge is 0.331 e. The minimum atomic E-state index is -2.54. The van der Waals surface area contributed by atoms with Gasteiger partial charge in [-0.15, -0.1) is 0 Å². The number of amides is 1. The van der Waals surface area contributed by atoms with Crippen LogP contribution in [0.25, 0.3) is 6.08 Å². The summed E-state index contributed by atoms with van der Waals surface area (Å²) in [4.78, 5) is 14.5. The van der Waals surface area contributed by atoms with E-state index in [2.05, 4.69) is 5.10 Å². The van der Waals surface area contributed by atoms with Crippen molar-refractivity contribution in [1.82, 2.24) is 14.7 Å². The predicted molar refractivity (Wildman–Crippen MR) is 87.8 cm³/mol. The van der Waals surface area contributed by atoms with Crippen LogP contribution in [-0.2, 0) is 6.54 Å². The van der Waals surface area contributed by atoms with Crippen LogP contribution in [-0.4, -0.2) is 39.6 Å². The van der Waals surface area contributed by atoms with Crippen molar-refractivity contribution in [2.24, 2.45) is 0 Å². The molecule has 1 amide bonds. The van der Waals surface area contributed by atoms with Crippen molar-refractivity contribution in [3.63, 3.8) is 0 Å². The van der Waals surface area contributed by atoms with E-state index < -0.39 is 13.0 Å². The van der Waals surface area contributed by atoms with Gasteiger partial charge in [0.2, 0.25) is 0 Å². The average molecular weight is 331 g/mol. The molecule has 2 aromatic rings. The quantitative estimate of drug-likeness (QED) is 0.841. The second kappa shape index (κ2) is 7.38.